The summed E-state index contributed by atoms with van der Waals surface area (Å²) in [5.41, 5.74) is 3.14. The molecule has 0 fully saturated rings. The Hall–Kier alpha value is -3.39. The molecule has 3 rings (SSSR count). The predicted octanol–water partition coefficient (Wildman–Crippen LogP) is 4.58. The number of methoxy groups -OCH3 is 1. The molecule has 1 aliphatic heterocycles. The van der Waals surface area contributed by atoms with Crippen LogP contribution in [0.5, 0.6) is 0 Å². The predicted molar refractivity (Wildman–Crippen MR) is 138 cm³/mol. The Bertz CT molecular complexity index is 1130. The highest BCUT2D eigenvalue weighted by molar-refractivity contribution is 6.34. The number of benzene rings is 1. The zero-order chi connectivity index (χ0) is 26.5. The molecular weight excluding hydrogens is 482 g/mol. The molecule has 1 aromatic heterocycles. The molecule has 0 saturated heterocycles. The molecule has 2 heterocycles. The molecule has 0 saturated carbocycles. The lowest BCUT2D eigenvalue weighted by molar-refractivity contribution is -0.142. The molecule has 0 spiro atoms. The van der Waals surface area contributed by atoms with E-state index in [9.17, 15) is 14.4 Å². The third kappa shape index (κ3) is 7.07. The number of hydrogen-bond donors (Lipinski definition) is 1. The van der Waals surface area contributed by atoms with Gasteiger partial charge in [0.2, 0.25) is 0 Å². The van der Waals surface area contributed by atoms with Crippen LogP contribution in [0.1, 0.15) is 54.4 Å². The first-order valence-electron chi connectivity index (χ1n) is 11.7. The first kappa shape index (κ1) is 27.2. The van der Waals surface area contributed by atoms with Gasteiger partial charge in [-0.15, -0.1) is 0 Å². The quantitative estimate of drug-likeness (QED) is 0.568. The maximum atomic E-state index is 12.9. The van der Waals surface area contributed by atoms with Crippen LogP contribution in [0.2, 0.25) is 5.02 Å². The second-order valence-corrected chi connectivity index (χ2v) is 10.0. The number of hydrogen-bond acceptors (Lipinski definition) is 6. The molecule has 9 heteroatoms. The third-order valence-corrected chi connectivity index (χ3v) is 6.02. The van der Waals surface area contributed by atoms with Crippen molar-refractivity contribution in [1.29, 1.82) is 0 Å². The van der Waals surface area contributed by atoms with Gasteiger partial charge in [-0.05, 0) is 62.9 Å². The summed E-state index contributed by atoms with van der Waals surface area (Å²) in [5, 5.41) is 3.03. The molecule has 2 amide bonds. The van der Waals surface area contributed by atoms with E-state index in [1.807, 2.05) is 39.0 Å². The normalized spacial score (nSPS) is 14.5. The topological polar surface area (TPSA) is 97.8 Å². The summed E-state index contributed by atoms with van der Waals surface area (Å²) in [6, 6.07) is 7.98. The van der Waals surface area contributed by atoms with Crippen molar-refractivity contribution in [2.75, 3.05) is 20.2 Å². The van der Waals surface area contributed by atoms with Crippen molar-refractivity contribution in [3.63, 3.8) is 0 Å². The Morgan fingerprint density at radius 3 is 2.50 bits per heavy atom. The molecule has 2 aromatic rings. The van der Waals surface area contributed by atoms with Gasteiger partial charge in [0.25, 0.3) is 5.91 Å². The highest BCUT2D eigenvalue weighted by Crippen LogP contribution is 2.24. The average molecular weight is 514 g/mol. The van der Waals surface area contributed by atoms with Crippen LogP contribution in [0.25, 0.3) is 5.57 Å². The summed E-state index contributed by atoms with van der Waals surface area (Å²) < 4.78 is 10.3. The number of nitrogens with zero attached hydrogens (tertiary/aromatic N) is 2. The highest BCUT2D eigenvalue weighted by Gasteiger charge is 2.26. The van der Waals surface area contributed by atoms with E-state index in [4.69, 9.17) is 21.1 Å². The zero-order valence-corrected chi connectivity index (χ0v) is 22.0. The van der Waals surface area contributed by atoms with Crippen molar-refractivity contribution in [3.05, 3.63) is 70.0 Å². The van der Waals surface area contributed by atoms with E-state index in [0.29, 0.717) is 41.4 Å². The number of halogens is 1. The summed E-state index contributed by atoms with van der Waals surface area (Å²) >= 11 is 6.20. The van der Waals surface area contributed by atoms with E-state index in [2.05, 4.69) is 10.3 Å². The molecule has 8 nitrogen and oxygen atoms in total. The van der Waals surface area contributed by atoms with E-state index in [1.54, 1.807) is 36.2 Å². The molecular formula is C27H32ClN3O5. The van der Waals surface area contributed by atoms with Crippen molar-refractivity contribution in [3.8, 4) is 0 Å². The van der Waals surface area contributed by atoms with E-state index < -0.39 is 23.5 Å². The van der Waals surface area contributed by atoms with Crippen LogP contribution >= 0.6 is 11.6 Å². The lowest BCUT2D eigenvalue weighted by atomic mass is 10.0. The Morgan fingerprint density at radius 1 is 1.19 bits per heavy atom. The Labute approximate surface area is 216 Å². The summed E-state index contributed by atoms with van der Waals surface area (Å²) in [6.45, 7) is 8.33. The van der Waals surface area contributed by atoms with Gasteiger partial charge in [-0.1, -0.05) is 35.9 Å². The van der Waals surface area contributed by atoms with Gasteiger partial charge in [-0.2, -0.15) is 0 Å². The third-order valence-electron chi connectivity index (χ3n) is 5.71. The largest absolute Gasteiger partial charge is 0.467 e. The fraction of sp³-hybridized carbons (Fsp3) is 0.407. The average Bonchev–Trinajstić information content (AvgIpc) is 2.82. The van der Waals surface area contributed by atoms with Crippen LogP contribution < -0.4 is 5.32 Å². The zero-order valence-electron chi connectivity index (χ0n) is 21.3. The maximum Gasteiger partial charge on any atom is 0.410 e. The van der Waals surface area contributed by atoms with Gasteiger partial charge in [-0.25, -0.2) is 9.59 Å². The molecule has 0 bridgehead atoms. The minimum absolute atomic E-state index is 0.160. The molecule has 1 aromatic carbocycles. The minimum Gasteiger partial charge on any atom is -0.467 e. The fourth-order valence-corrected chi connectivity index (χ4v) is 4.16. The van der Waals surface area contributed by atoms with Crippen LogP contribution in [0, 0.1) is 6.92 Å². The number of carbonyl (C=O) groups is 3. The number of aryl methyl sites for hydroxylation is 1. The van der Waals surface area contributed by atoms with Crippen LogP contribution in [-0.2, 0) is 20.7 Å². The van der Waals surface area contributed by atoms with Gasteiger partial charge in [-0.3, -0.25) is 9.78 Å². The number of nitrogens with one attached hydrogen (secondary N) is 1. The standard InChI is InChI=1S/C27H32ClN3O5/c1-17-7-6-8-21(28)23(17)24(32)30-22(25(33)35-5)15-20-10-9-19(16-29-20)18-11-13-31(14-12-18)26(34)36-27(2,3)4/h6-11,16,22H,12-15H2,1-5H3,(H,30,32)/t22-/m0/s1. The number of amides is 2. The van der Waals surface area contributed by atoms with Gasteiger partial charge < -0.3 is 19.7 Å². The number of rotatable bonds is 6. The molecule has 0 aliphatic carbocycles. The number of esters is 1. The van der Waals surface area contributed by atoms with Crippen molar-refractivity contribution in [2.24, 2.45) is 0 Å². The first-order chi connectivity index (χ1) is 17.0. The van der Waals surface area contributed by atoms with E-state index in [1.165, 1.54) is 7.11 Å². The van der Waals surface area contributed by atoms with Crippen LogP contribution in [-0.4, -0.2) is 59.7 Å². The molecule has 36 heavy (non-hydrogen) atoms. The first-order valence-corrected chi connectivity index (χ1v) is 12.1. The van der Waals surface area contributed by atoms with Gasteiger partial charge in [0, 0.05) is 31.4 Å². The number of ether oxygens (including phenoxy) is 2. The molecule has 192 valence electrons. The van der Waals surface area contributed by atoms with E-state index in [0.717, 1.165) is 11.1 Å². The number of pyridine rings is 1. The van der Waals surface area contributed by atoms with Gasteiger partial charge >= 0.3 is 12.1 Å². The fourth-order valence-electron chi connectivity index (χ4n) is 3.85. The smallest absolute Gasteiger partial charge is 0.410 e. The van der Waals surface area contributed by atoms with Crippen molar-refractivity contribution < 1.29 is 23.9 Å². The van der Waals surface area contributed by atoms with Gasteiger partial charge in [0.05, 0.1) is 17.7 Å². The monoisotopic (exact) mass is 513 g/mol. The second kappa shape index (κ2) is 11.6. The maximum absolute atomic E-state index is 12.9. The Morgan fingerprint density at radius 2 is 1.94 bits per heavy atom. The van der Waals surface area contributed by atoms with E-state index in [-0.39, 0.29) is 12.5 Å². The Kier molecular flexibility index (Phi) is 8.74. The molecule has 1 atom stereocenters. The van der Waals surface area contributed by atoms with E-state index >= 15 is 0 Å². The highest BCUT2D eigenvalue weighted by atomic mass is 35.5. The molecule has 1 N–H and O–H groups in total. The number of carbonyl (C=O) groups excluding carboxylic acids is 3. The molecule has 0 radical (unpaired) electrons. The molecule has 1 aliphatic rings. The second-order valence-electron chi connectivity index (χ2n) is 9.63. The number of aromatic nitrogens is 1. The summed E-state index contributed by atoms with van der Waals surface area (Å²) in [4.78, 5) is 43.7. The van der Waals surface area contributed by atoms with Crippen LogP contribution in [0.15, 0.2) is 42.6 Å². The Balaban J connectivity index is 1.67. The molecule has 0 unspecified atom stereocenters. The lowest BCUT2D eigenvalue weighted by Crippen LogP contribution is -2.43. The van der Waals surface area contributed by atoms with Crippen LogP contribution in [0.3, 0.4) is 0 Å². The summed E-state index contributed by atoms with van der Waals surface area (Å²) in [5.74, 6) is -1.02. The van der Waals surface area contributed by atoms with Crippen LogP contribution in [0.4, 0.5) is 4.79 Å². The lowest BCUT2D eigenvalue weighted by Gasteiger charge is -2.29. The SMILES string of the molecule is COC(=O)[C@H](Cc1ccc(C2=CCN(C(=O)OC(C)(C)C)CC2)cn1)NC(=O)c1c(C)cccc1Cl. The summed E-state index contributed by atoms with van der Waals surface area (Å²) in [6.07, 6.45) is 4.24. The van der Waals surface area contributed by atoms with Gasteiger partial charge in [0.15, 0.2) is 0 Å². The summed E-state index contributed by atoms with van der Waals surface area (Å²) in [7, 11) is 1.27. The minimum atomic E-state index is -0.923. The van der Waals surface area contributed by atoms with Crippen molar-refractivity contribution in [2.45, 2.75) is 52.2 Å². The van der Waals surface area contributed by atoms with Crippen molar-refractivity contribution in [1.82, 2.24) is 15.2 Å². The van der Waals surface area contributed by atoms with Gasteiger partial charge in [0.1, 0.15) is 11.6 Å². The van der Waals surface area contributed by atoms with Crippen molar-refractivity contribution >= 4 is 35.1 Å².